The van der Waals surface area contributed by atoms with Crippen molar-refractivity contribution in [3.8, 4) is 0 Å². The number of aliphatic hydroxyl groups excluding tert-OH is 2. The second-order valence-corrected chi connectivity index (χ2v) is 11.7. The van der Waals surface area contributed by atoms with Gasteiger partial charge in [0.25, 0.3) is 0 Å². The fourth-order valence-electron chi connectivity index (χ4n) is 4.48. The van der Waals surface area contributed by atoms with Crippen LogP contribution in [0, 0.1) is 5.92 Å². The SMILES string of the molecule is CCCCCCCC/C=C/C/C=C/C=C/C(O)CCCC(=O)OC[C@@H](O)COC(=O)CCCCCCCCC(C)CC. The van der Waals surface area contributed by atoms with E-state index in [0.717, 1.165) is 38.0 Å². The van der Waals surface area contributed by atoms with Gasteiger partial charge in [0.05, 0.1) is 6.10 Å². The van der Waals surface area contributed by atoms with E-state index in [4.69, 9.17) is 9.47 Å². The van der Waals surface area contributed by atoms with Gasteiger partial charge in [-0.15, -0.1) is 0 Å². The summed E-state index contributed by atoms with van der Waals surface area (Å²) in [7, 11) is 0. The maximum absolute atomic E-state index is 11.9. The predicted octanol–water partition coefficient (Wildman–Crippen LogP) is 8.94. The van der Waals surface area contributed by atoms with Crippen LogP contribution >= 0.6 is 0 Å². The molecule has 6 heteroatoms. The highest BCUT2D eigenvalue weighted by Crippen LogP contribution is 2.14. The minimum Gasteiger partial charge on any atom is -0.463 e. The lowest BCUT2D eigenvalue weighted by Crippen LogP contribution is -2.25. The Morgan fingerprint density at radius 3 is 1.93 bits per heavy atom. The van der Waals surface area contributed by atoms with E-state index in [-0.39, 0.29) is 25.6 Å². The fraction of sp³-hybridized carbons (Fsp3) is 0.778. The summed E-state index contributed by atoms with van der Waals surface area (Å²) in [5.74, 6) is 0.0534. The van der Waals surface area contributed by atoms with Gasteiger partial charge in [0, 0.05) is 12.8 Å². The van der Waals surface area contributed by atoms with Gasteiger partial charge in [-0.1, -0.05) is 134 Å². The minimum absolute atomic E-state index is 0.161. The Balaban J connectivity index is 3.69. The van der Waals surface area contributed by atoms with E-state index in [9.17, 15) is 19.8 Å². The predicted molar refractivity (Wildman–Crippen MR) is 174 cm³/mol. The van der Waals surface area contributed by atoms with Gasteiger partial charge in [0.1, 0.15) is 19.3 Å². The average Bonchev–Trinajstić information content (AvgIpc) is 2.98. The van der Waals surface area contributed by atoms with Crippen LogP contribution in [-0.4, -0.2) is 47.6 Å². The molecule has 0 saturated carbocycles. The monoisotopic (exact) mass is 592 g/mol. The Morgan fingerprint density at radius 2 is 1.26 bits per heavy atom. The third-order valence-corrected chi connectivity index (χ3v) is 7.52. The lowest BCUT2D eigenvalue weighted by atomic mass is 10.00. The molecule has 42 heavy (non-hydrogen) atoms. The topological polar surface area (TPSA) is 93.1 Å². The molecule has 0 amide bonds. The second-order valence-electron chi connectivity index (χ2n) is 11.7. The van der Waals surface area contributed by atoms with Crippen LogP contribution in [0.4, 0.5) is 0 Å². The number of carbonyl (C=O) groups is 2. The third kappa shape index (κ3) is 29.6. The number of allylic oxidation sites excluding steroid dienone is 5. The summed E-state index contributed by atoms with van der Waals surface area (Å²) in [6, 6.07) is 0. The Morgan fingerprint density at radius 1 is 0.667 bits per heavy atom. The molecule has 0 bridgehead atoms. The van der Waals surface area contributed by atoms with Crippen LogP contribution in [0.15, 0.2) is 36.5 Å². The molecule has 0 heterocycles. The summed E-state index contributed by atoms with van der Waals surface area (Å²) >= 11 is 0. The first kappa shape index (κ1) is 40.1. The minimum atomic E-state index is -1.03. The number of ether oxygens (including phenoxy) is 2. The number of esters is 2. The van der Waals surface area contributed by atoms with E-state index >= 15 is 0 Å². The molecule has 0 aliphatic rings. The van der Waals surface area contributed by atoms with Crippen molar-refractivity contribution in [2.45, 2.75) is 161 Å². The summed E-state index contributed by atoms with van der Waals surface area (Å²) in [4.78, 5) is 23.8. The molecule has 3 atom stereocenters. The summed E-state index contributed by atoms with van der Waals surface area (Å²) in [5.41, 5.74) is 0. The molecule has 0 aromatic heterocycles. The molecule has 0 aromatic carbocycles. The number of hydrogen-bond acceptors (Lipinski definition) is 6. The summed E-state index contributed by atoms with van der Waals surface area (Å²) < 4.78 is 10.2. The summed E-state index contributed by atoms with van der Waals surface area (Å²) in [6.45, 7) is 6.40. The molecule has 0 aliphatic heterocycles. The van der Waals surface area contributed by atoms with Crippen LogP contribution in [0.2, 0.25) is 0 Å². The van der Waals surface area contributed by atoms with Crippen LogP contribution in [0.25, 0.3) is 0 Å². The van der Waals surface area contributed by atoms with Gasteiger partial charge in [-0.3, -0.25) is 9.59 Å². The van der Waals surface area contributed by atoms with Crippen LogP contribution in [0.1, 0.15) is 149 Å². The molecule has 2 N–H and O–H groups in total. The van der Waals surface area contributed by atoms with Crippen molar-refractivity contribution in [1.29, 1.82) is 0 Å². The molecular weight excluding hydrogens is 528 g/mol. The summed E-state index contributed by atoms with van der Waals surface area (Å²) in [6.07, 6.45) is 30.9. The van der Waals surface area contributed by atoms with Crippen LogP contribution in [-0.2, 0) is 19.1 Å². The van der Waals surface area contributed by atoms with Crippen LogP contribution in [0.3, 0.4) is 0 Å². The number of carbonyl (C=O) groups excluding carboxylic acids is 2. The smallest absolute Gasteiger partial charge is 0.305 e. The maximum Gasteiger partial charge on any atom is 0.305 e. The largest absolute Gasteiger partial charge is 0.463 e. The highest BCUT2D eigenvalue weighted by Gasteiger charge is 2.12. The molecule has 2 unspecified atom stereocenters. The highest BCUT2D eigenvalue weighted by atomic mass is 16.6. The number of unbranched alkanes of at least 4 members (excludes halogenated alkanes) is 11. The lowest BCUT2D eigenvalue weighted by molar-refractivity contribution is -0.152. The maximum atomic E-state index is 11.9. The molecule has 0 saturated heterocycles. The van der Waals surface area contributed by atoms with E-state index in [1.807, 2.05) is 12.2 Å². The first-order valence-electron chi connectivity index (χ1n) is 17.0. The highest BCUT2D eigenvalue weighted by molar-refractivity contribution is 5.69. The van der Waals surface area contributed by atoms with E-state index in [1.54, 1.807) is 6.08 Å². The van der Waals surface area contributed by atoms with Crippen molar-refractivity contribution >= 4 is 11.9 Å². The van der Waals surface area contributed by atoms with Gasteiger partial charge in [-0.25, -0.2) is 0 Å². The van der Waals surface area contributed by atoms with Crippen molar-refractivity contribution in [2.24, 2.45) is 5.92 Å². The first-order valence-corrected chi connectivity index (χ1v) is 17.0. The van der Waals surface area contributed by atoms with Crippen molar-refractivity contribution in [3.63, 3.8) is 0 Å². The average molecular weight is 593 g/mol. The Labute approximate surface area is 258 Å². The fourth-order valence-corrected chi connectivity index (χ4v) is 4.48. The van der Waals surface area contributed by atoms with Crippen LogP contribution in [0.5, 0.6) is 0 Å². The second kappa shape index (κ2) is 30.5. The molecule has 0 aromatic rings. The molecule has 0 fully saturated rings. The van der Waals surface area contributed by atoms with Crippen molar-refractivity contribution < 1.29 is 29.3 Å². The van der Waals surface area contributed by atoms with Crippen molar-refractivity contribution in [1.82, 2.24) is 0 Å². The van der Waals surface area contributed by atoms with Gasteiger partial charge in [-0.05, 0) is 44.4 Å². The van der Waals surface area contributed by atoms with Crippen molar-refractivity contribution in [2.75, 3.05) is 13.2 Å². The van der Waals surface area contributed by atoms with Gasteiger partial charge in [0.2, 0.25) is 0 Å². The normalized spacial score (nSPS) is 14.1. The number of hydrogen-bond donors (Lipinski definition) is 2. The van der Waals surface area contributed by atoms with Gasteiger partial charge < -0.3 is 19.7 Å². The molecule has 6 nitrogen and oxygen atoms in total. The van der Waals surface area contributed by atoms with Gasteiger partial charge in [0.15, 0.2) is 0 Å². The standard InChI is InChI=1S/C36H64O6/c1-4-6-7-8-9-10-11-12-13-14-15-19-22-26-33(37)27-24-29-36(40)42-31-34(38)30-41-35(39)28-23-20-17-16-18-21-25-32(3)5-2/h12-13,15,19,22,26,32-34,37-38H,4-11,14,16-18,20-21,23-25,27-31H2,1-3H3/b13-12+,19-15+,26-22+/t32?,33?,34-/m0/s1. The molecular formula is C36H64O6. The Bertz CT molecular complexity index is 714. The number of rotatable bonds is 29. The molecule has 0 aliphatic carbocycles. The molecule has 0 rings (SSSR count). The van der Waals surface area contributed by atoms with Gasteiger partial charge in [-0.2, -0.15) is 0 Å². The Kier molecular flexibility index (Phi) is 29.1. The Hall–Kier alpha value is -1.92. The zero-order valence-corrected chi connectivity index (χ0v) is 27.3. The van der Waals surface area contributed by atoms with E-state index in [1.165, 1.54) is 70.6 Å². The van der Waals surface area contributed by atoms with Crippen LogP contribution < -0.4 is 0 Å². The van der Waals surface area contributed by atoms with E-state index in [2.05, 4.69) is 39.0 Å². The molecule has 244 valence electrons. The summed E-state index contributed by atoms with van der Waals surface area (Å²) in [5, 5.41) is 20.0. The first-order chi connectivity index (χ1) is 20.4. The number of aliphatic hydroxyl groups is 2. The van der Waals surface area contributed by atoms with Crippen molar-refractivity contribution in [3.05, 3.63) is 36.5 Å². The third-order valence-electron chi connectivity index (χ3n) is 7.52. The molecule has 0 spiro atoms. The lowest BCUT2D eigenvalue weighted by Gasteiger charge is -2.12. The molecule has 0 radical (unpaired) electrons. The zero-order valence-electron chi connectivity index (χ0n) is 27.3. The quantitative estimate of drug-likeness (QED) is 0.0390. The van der Waals surface area contributed by atoms with E-state index < -0.39 is 18.2 Å². The van der Waals surface area contributed by atoms with E-state index in [0.29, 0.717) is 19.3 Å². The zero-order chi connectivity index (χ0) is 31.1. The van der Waals surface area contributed by atoms with Gasteiger partial charge >= 0.3 is 11.9 Å².